The maximum Gasteiger partial charge on any atom is 0.410 e. The molecule has 1 amide bonds. The second-order valence-electron chi connectivity index (χ2n) is 9.17. The first-order valence-electron chi connectivity index (χ1n) is 10.8. The third-order valence-electron chi connectivity index (χ3n) is 5.15. The lowest BCUT2D eigenvalue weighted by Gasteiger charge is -2.40. The molecule has 2 aromatic rings. The predicted octanol–water partition coefficient (Wildman–Crippen LogP) is 5.25. The largest absolute Gasteiger partial charge is 0.457 e. The molecular weight excluding hydrogens is 472 g/mol. The maximum absolute atomic E-state index is 12.6. The summed E-state index contributed by atoms with van der Waals surface area (Å²) in [6, 6.07) is 15.3. The molecule has 1 saturated heterocycles. The van der Waals surface area contributed by atoms with Crippen LogP contribution in [0.3, 0.4) is 0 Å². The van der Waals surface area contributed by atoms with Crippen molar-refractivity contribution in [3.8, 4) is 0 Å². The number of ether oxygens (including phenoxy) is 2. The van der Waals surface area contributed by atoms with Gasteiger partial charge in [-0.15, -0.1) is 0 Å². The van der Waals surface area contributed by atoms with Crippen molar-refractivity contribution in [2.24, 2.45) is 0 Å². The average molecular weight is 503 g/mol. The predicted molar refractivity (Wildman–Crippen MR) is 127 cm³/mol. The van der Waals surface area contributed by atoms with E-state index in [2.05, 4.69) is 20.8 Å². The van der Waals surface area contributed by atoms with Crippen LogP contribution in [-0.4, -0.2) is 53.1 Å². The van der Waals surface area contributed by atoms with E-state index in [1.807, 2.05) is 70.2 Å². The molecule has 0 unspecified atom stereocenters. The number of nitrogens with zero attached hydrogens (tertiary/aromatic N) is 2. The van der Waals surface area contributed by atoms with Crippen molar-refractivity contribution in [1.82, 2.24) is 9.80 Å². The van der Waals surface area contributed by atoms with Crippen molar-refractivity contribution in [2.45, 2.75) is 52.5 Å². The molecule has 0 aromatic heterocycles. The van der Waals surface area contributed by atoms with Crippen LogP contribution in [0.4, 0.5) is 4.79 Å². The molecule has 1 aliphatic heterocycles. The zero-order valence-electron chi connectivity index (χ0n) is 19.1. The summed E-state index contributed by atoms with van der Waals surface area (Å²) in [4.78, 5) is 29.1. The summed E-state index contributed by atoms with van der Waals surface area (Å²) < 4.78 is 11.8. The van der Waals surface area contributed by atoms with Crippen molar-refractivity contribution in [3.63, 3.8) is 0 Å². The summed E-state index contributed by atoms with van der Waals surface area (Å²) in [5.74, 6) is -0.348. The molecule has 1 aliphatic rings. The highest BCUT2D eigenvalue weighted by molar-refractivity contribution is 9.10. The summed E-state index contributed by atoms with van der Waals surface area (Å²) in [7, 11) is 0. The van der Waals surface area contributed by atoms with Crippen LogP contribution in [0.5, 0.6) is 0 Å². The van der Waals surface area contributed by atoms with Gasteiger partial charge in [-0.05, 0) is 57.0 Å². The maximum atomic E-state index is 12.6. The molecule has 1 atom stereocenters. The zero-order valence-corrected chi connectivity index (χ0v) is 20.7. The van der Waals surface area contributed by atoms with Crippen molar-refractivity contribution in [1.29, 1.82) is 0 Å². The van der Waals surface area contributed by atoms with E-state index in [4.69, 9.17) is 9.47 Å². The highest BCUT2D eigenvalue weighted by Gasteiger charge is 2.30. The highest BCUT2D eigenvalue weighted by Crippen LogP contribution is 2.21. The summed E-state index contributed by atoms with van der Waals surface area (Å²) >= 11 is 3.51. The first-order valence-corrected chi connectivity index (χ1v) is 11.6. The van der Waals surface area contributed by atoms with Crippen LogP contribution in [0.25, 0.3) is 0 Å². The third-order valence-corrected chi connectivity index (χ3v) is 5.61. The Balaban J connectivity index is 1.59. The van der Waals surface area contributed by atoms with E-state index < -0.39 is 5.60 Å². The molecule has 0 aliphatic carbocycles. The highest BCUT2D eigenvalue weighted by atomic mass is 79.9. The number of hydrogen-bond donors (Lipinski definition) is 0. The molecule has 1 heterocycles. The zero-order chi connectivity index (χ0) is 23.3. The number of carbonyl (C=O) groups excluding carboxylic acids is 2. The van der Waals surface area contributed by atoms with E-state index >= 15 is 0 Å². The van der Waals surface area contributed by atoms with Crippen molar-refractivity contribution in [3.05, 3.63) is 69.7 Å². The fourth-order valence-electron chi connectivity index (χ4n) is 3.69. The summed E-state index contributed by atoms with van der Waals surface area (Å²) in [5.41, 5.74) is 1.98. The van der Waals surface area contributed by atoms with E-state index in [0.29, 0.717) is 18.7 Å². The molecule has 172 valence electrons. The fourth-order valence-corrected chi connectivity index (χ4v) is 4.23. The minimum atomic E-state index is -0.504. The molecule has 32 heavy (non-hydrogen) atoms. The topological polar surface area (TPSA) is 59.1 Å². The van der Waals surface area contributed by atoms with Crippen LogP contribution < -0.4 is 0 Å². The molecule has 2 aromatic carbocycles. The standard InChI is InChI=1S/C25H31BrN2O4/c1-18-15-27(10-11-28(18)24(30)32-25(2,3)4)16-20-12-21(14-22(26)13-20)23(29)31-17-19-8-6-5-7-9-19/h5-9,12-14,18H,10-11,15-17H2,1-4H3/t18-/m1/s1. The van der Waals surface area contributed by atoms with Gasteiger partial charge in [0.15, 0.2) is 0 Å². The first kappa shape index (κ1) is 24.3. The normalized spacial score (nSPS) is 17.2. The number of halogens is 1. The smallest absolute Gasteiger partial charge is 0.410 e. The van der Waals surface area contributed by atoms with Gasteiger partial charge >= 0.3 is 12.1 Å². The molecule has 0 radical (unpaired) electrons. The molecule has 0 bridgehead atoms. The number of amides is 1. The second-order valence-corrected chi connectivity index (χ2v) is 10.1. The van der Waals surface area contributed by atoms with E-state index in [1.54, 1.807) is 11.0 Å². The lowest BCUT2D eigenvalue weighted by atomic mass is 10.1. The Hall–Kier alpha value is -2.38. The Labute approximate surface area is 198 Å². The van der Waals surface area contributed by atoms with Crippen LogP contribution in [0.1, 0.15) is 49.2 Å². The second kappa shape index (κ2) is 10.5. The minimum Gasteiger partial charge on any atom is -0.457 e. The summed E-state index contributed by atoms with van der Waals surface area (Å²) in [6.07, 6.45) is -0.268. The van der Waals surface area contributed by atoms with Gasteiger partial charge in [-0.3, -0.25) is 4.90 Å². The first-order chi connectivity index (χ1) is 15.1. The van der Waals surface area contributed by atoms with Crippen molar-refractivity contribution in [2.75, 3.05) is 19.6 Å². The van der Waals surface area contributed by atoms with Gasteiger partial charge in [0, 0.05) is 36.7 Å². The molecule has 0 saturated carbocycles. The number of carbonyl (C=O) groups is 2. The number of rotatable bonds is 5. The monoisotopic (exact) mass is 502 g/mol. The van der Waals surface area contributed by atoms with E-state index in [-0.39, 0.29) is 24.7 Å². The van der Waals surface area contributed by atoms with Gasteiger partial charge in [0.2, 0.25) is 0 Å². The quantitative estimate of drug-likeness (QED) is 0.522. The van der Waals surface area contributed by atoms with Crippen LogP contribution in [0.2, 0.25) is 0 Å². The van der Waals surface area contributed by atoms with Crippen molar-refractivity contribution >= 4 is 28.0 Å². The lowest BCUT2D eigenvalue weighted by Crippen LogP contribution is -2.54. The Kier molecular flexibility index (Phi) is 7.96. The summed E-state index contributed by atoms with van der Waals surface area (Å²) in [6.45, 7) is 10.7. The van der Waals surface area contributed by atoms with Gasteiger partial charge < -0.3 is 14.4 Å². The van der Waals surface area contributed by atoms with Crippen LogP contribution in [-0.2, 0) is 22.6 Å². The Bertz CT molecular complexity index is 943. The van der Waals surface area contributed by atoms with Crippen LogP contribution in [0.15, 0.2) is 53.0 Å². The average Bonchev–Trinajstić information content (AvgIpc) is 2.71. The summed E-state index contributed by atoms with van der Waals surface area (Å²) in [5, 5.41) is 0. The van der Waals surface area contributed by atoms with Gasteiger partial charge in [0.25, 0.3) is 0 Å². The Morgan fingerprint density at radius 1 is 1.06 bits per heavy atom. The van der Waals surface area contributed by atoms with Crippen LogP contribution in [0, 0.1) is 0 Å². The molecule has 1 fully saturated rings. The number of hydrogen-bond acceptors (Lipinski definition) is 5. The third kappa shape index (κ3) is 7.07. The van der Waals surface area contributed by atoms with E-state index in [0.717, 1.165) is 28.7 Å². The van der Waals surface area contributed by atoms with E-state index in [1.165, 1.54) is 0 Å². The fraction of sp³-hybridized carbons (Fsp3) is 0.440. The van der Waals surface area contributed by atoms with Gasteiger partial charge in [-0.1, -0.05) is 46.3 Å². The number of benzene rings is 2. The molecular formula is C25H31BrN2O4. The molecule has 7 heteroatoms. The molecule has 3 rings (SSSR count). The van der Waals surface area contributed by atoms with Gasteiger partial charge in [0.1, 0.15) is 12.2 Å². The Morgan fingerprint density at radius 3 is 2.44 bits per heavy atom. The van der Waals surface area contributed by atoms with Gasteiger partial charge in [0.05, 0.1) is 5.56 Å². The molecule has 0 spiro atoms. The van der Waals surface area contributed by atoms with Gasteiger partial charge in [-0.25, -0.2) is 9.59 Å². The molecule has 6 nitrogen and oxygen atoms in total. The minimum absolute atomic E-state index is 0.0426. The van der Waals surface area contributed by atoms with E-state index in [9.17, 15) is 9.59 Å². The van der Waals surface area contributed by atoms with Crippen LogP contribution >= 0.6 is 15.9 Å². The number of esters is 1. The Morgan fingerprint density at radius 2 is 1.78 bits per heavy atom. The SMILES string of the molecule is C[C@@H]1CN(Cc2cc(Br)cc(C(=O)OCc3ccccc3)c2)CCN1C(=O)OC(C)(C)C. The lowest BCUT2D eigenvalue weighted by molar-refractivity contribution is 0.000519. The number of piperazine rings is 1. The molecule has 0 N–H and O–H groups in total. The van der Waals surface area contributed by atoms with Crippen molar-refractivity contribution < 1.29 is 19.1 Å². The van der Waals surface area contributed by atoms with Gasteiger partial charge in [-0.2, -0.15) is 0 Å².